The molecule has 0 aliphatic carbocycles. The first-order valence-electron chi connectivity index (χ1n) is 12.9. The zero-order chi connectivity index (χ0) is 23.3. The van der Waals surface area contributed by atoms with Gasteiger partial charge in [0.25, 0.3) is 0 Å². The van der Waals surface area contributed by atoms with Crippen LogP contribution in [-0.2, 0) is 11.3 Å². The van der Waals surface area contributed by atoms with Gasteiger partial charge in [-0.05, 0) is 0 Å². The molecule has 0 radical (unpaired) electrons. The molecule has 0 saturated carbocycles. The quantitative estimate of drug-likeness (QED) is 0.133. The Bertz CT molecular complexity index is 594. The number of methoxy groups -OCH3 is 1. The van der Waals surface area contributed by atoms with Crippen LogP contribution in [0.2, 0.25) is 10.6 Å². The molecule has 0 aromatic heterocycles. The van der Waals surface area contributed by atoms with Crippen molar-refractivity contribution in [1.29, 1.82) is 0 Å². The first-order valence-corrected chi connectivity index (χ1v) is 15.3. The molecule has 0 unspecified atom stereocenters. The number of aromatic hydroxyl groups is 1. The Kier molecular flexibility index (Phi) is 18.4. The van der Waals surface area contributed by atoms with Crippen LogP contribution in [0.15, 0.2) is 18.2 Å². The summed E-state index contributed by atoms with van der Waals surface area (Å²) in [6, 6.07) is 5.16. The van der Waals surface area contributed by atoms with Crippen molar-refractivity contribution < 1.29 is 14.6 Å². The van der Waals surface area contributed by atoms with Gasteiger partial charge < -0.3 is 0 Å². The van der Waals surface area contributed by atoms with E-state index < -0.39 is 0 Å². The van der Waals surface area contributed by atoms with Gasteiger partial charge in [0.1, 0.15) is 0 Å². The van der Waals surface area contributed by atoms with E-state index in [2.05, 4.69) is 12.2 Å². The number of nitrogens with one attached hydrogen (secondary N) is 1. The van der Waals surface area contributed by atoms with Crippen LogP contribution in [0.25, 0.3) is 0 Å². The Hall–Kier alpha value is -1.19. The van der Waals surface area contributed by atoms with Crippen molar-refractivity contribution in [2.45, 2.75) is 120 Å². The maximum absolute atomic E-state index is 12.0. The van der Waals surface area contributed by atoms with E-state index in [1.807, 2.05) is 0 Å². The average Bonchev–Trinajstić information content (AvgIpc) is 2.80. The average molecular weight is 513 g/mol. The van der Waals surface area contributed by atoms with Crippen molar-refractivity contribution in [3.63, 3.8) is 0 Å². The Morgan fingerprint density at radius 3 is 2.00 bits per heavy atom. The van der Waals surface area contributed by atoms with E-state index in [4.69, 9.17) is 4.74 Å². The monoisotopic (exact) mass is 513 g/mol. The summed E-state index contributed by atoms with van der Waals surface area (Å²) in [5.41, 5.74) is 0.931. The molecule has 0 spiro atoms. The molecule has 32 heavy (non-hydrogen) atoms. The van der Waals surface area contributed by atoms with Gasteiger partial charge in [0, 0.05) is 0 Å². The van der Waals surface area contributed by atoms with Gasteiger partial charge in [-0.3, -0.25) is 0 Å². The van der Waals surface area contributed by atoms with Crippen molar-refractivity contribution in [1.82, 2.24) is 5.32 Å². The van der Waals surface area contributed by atoms with Crippen molar-refractivity contribution in [3.05, 3.63) is 23.8 Å². The molecule has 0 aliphatic rings. The van der Waals surface area contributed by atoms with Crippen molar-refractivity contribution in [3.8, 4) is 11.5 Å². The third kappa shape index (κ3) is 15.6. The molecule has 184 valence electrons. The molecule has 1 aromatic carbocycles. The molecule has 0 aliphatic heterocycles. The number of phenols is 1. The minimum atomic E-state index is 0.111. The molecule has 2 N–H and O–H groups in total. The summed E-state index contributed by atoms with van der Waals surface area (Å²) in [5, 5.41) is 14.9. The number of carbonyl (C=O) groups is 1. The zero-order valence-electron chi connectivity index (χ0n) is 20.6. The predicted molar refractivity (Wildman–Crippen MR) is 137 cm³/mol. The molecule has 0 bridgehead atoms. The molecule has 0 fully saturated rings. The van der Waals surface area contributed by atoms with Gasteiger partial charge >= 0.3 is 177 Å². The Balaban J connectivity index is 1.84. The van der Waals surface area contributed by atoms with Crippen LogP contribution in [-0.4, -0.2) is 33.1 Å². The van der Waals surface area contributed by atoms with Crippen LogP contribution in [0, 0.1) is 0 Å². The first-order chi connectivity index (χ1) is 15.7. The molecule has 4 nitrogen and oxygen atoms in total. The van der Waals surface area contributed by atoms with E-state index in [0.29, 0.717) is 33.7 Å². The van der Waals surface area contributed by atoms with Gasteiger partial charge in [-0.25, -0.2) is 0 Å². The van der Waals surface area contributed by atoms with E-state index in [1.165, 1.54) is 102 Å². The fourth-order valence-electron chi connectivity index (χ4n) is 3.79. The summed E-state index contributed by atoms with van der Waals surface area (Å²) >= 11 is 0.580. The van der Waals surface area contributed by atoms with Gasteiger partial charge in [0.2, 0.25) is 0 Å². The fourth-order valence-corrected chi connectivity index (χ4v) is 5.76. The molecule has 1 rings (SSSR count). The van der Waals surface area contributed by atoms with Gasteiger partial charge in [-0.1, -0.05) is 26.2 Å². The minimum absolute atomic E-state index is 0.111. The summed E-state index contributed by atoms with van der Waals surface area (Å²) in [6.45, 7) is 2.75. The molecular weight excluding hydrogens is 465 g/mol. The second-order valence-corrected chi connectivity index (χ2v) is 11.3. The molecule has 0 atom stereocenters. The molecule has 0 saturated heterocycles. The van der Waals surface area contributed by atoms with E-state index in [0.717, 1.165) is 10.9 Å². The van der Waals surface area contributed by atoms with E-state index in [1.54, 1.807) is 18.2 Å². The van der Waals surface area contributed by atoms with Crippen LogP contribution in [0.1, 0.15) is 109 Å². The van der Waals surface area contributed by atoms with Crippen LogP contribution in [0.5, 0.6) is 11.5 Å². The molecule has 0 heterocycles. The normalized spacial score (nSPS) is 10.9. The van der Waals surface area contributed by atoms with E-state index >= 15 is 0 Å². The first kappa shape index (κ1) is 28.8. The molecule has 1 amide bonds. The fraction of sp³-hybridized carbons (Fsp3) is 0.741. The number of rotatable bonds is 21. The maximum atomic E-state index is 12.0. The second kappa shape index (κ2) is 20.4. The molecule has 5 heteroatoms. The SMILES string of the molecule is CCCCCCCCCCCCCCCC[Se]CCC(=O)NCc1ccc(O)c(OC)c1. The van der Waals surface area contributed by atoms with Gasteiger partial charge in [-0.2, -0.15) is 0 Å². The number of phenolic OH excluding ortho intramolecular Hbond substituents is 1. The molecule has 1 aromatic rings. The van der Waals surface area contributed by atoms with Crippen molar-refractivity contribution >= 4 is 20.9 Å². The Labute approximate surface area is 203 Å². The number of ether oxygens (including phenoxy) is 1. The summed E-state index contributed by atoms with van der Waals surface area (Å²) in [7, 11) is 1.53. The Morgan fingerprint density at radius 1 is 0.875 bits per heavy atom. The third-order valence-corrected chi connectivity index (χ3v) is 8.09. The number of unbranched alkanes of at least 4 members (excludes halogenated alkanes) is 13. The standard InChI is InChI=1S/C27H47NO3Se/c1-3-4-5-6-7-8-9-10-11-12-13-14-15-16-20-32-21-19-27(30)28-23-24-17-18-25(29)26(22-24)31-2/h17-18,22,29H,3-16,19-21,23H2,1-2H3,(H,28,30). The van der Waals surface area contributed by atoms with Crippen LogP contribution in [0.3, 0.4) is 0 Å². The van der Waals surface area contributed by atoms with Crippen molar-refractivity contribution in [2.24, 2.45) is 0 Å². The second-order valence-electron chi connectivity index (χ2n) is 8.74. The Morgan fingerprint density at radius 2 is 1.44 bits per heavy atom. The van der Waals surface area contributed by atoms with Gasteiger partial charge in [0.15, 0.2) is 0 Å². The third-order valence-electron chi connectivity index (χ3n) is 5.85. The van der Waals surface area contributed by atoms with Crippen LogP contribution >= 0.6 is 0 Å². The number of hydrogen-bond donors (Lipinski definition) is 2. The summed E-state index contributed by atoms with van der Waals surface area (Å²) in [5.74, 6) is 0.668. The van der Waals surface area contributed by atoms with Crippen molar-refractivity contribution in [2.75, 3.05) is 7.11 Å². The number of hydrogen-bond acceptors (Lipinski definition) is 3. The summed E-state index contributed by atoms with van der Waals surface area (Å²) in [4.78, 5) is 12.0. The predicted octanol–water partition coefficient (Wildman–Crippen LogP) is 7.43. The van der Waals surface area contributed by atoms with Gasteiger partial charge in [0.05, 0.1) is 0 Å². The van der Waals surface area contributed by atoms with Crippen LogP contribution in [0.4, 0.5) is 0 Å². The number of amides is 1. The number of carbonyl (C=O) groups excluding carboxylic acids is 1. The van der Waals surface area contributed by atoms with E-state index in [-0.39, 0.29) is 11.7 Å². The summed E-state index contributed by atoms with van der Waals surface area (Å²) < 4.78 is 5.10. The van der Waals surface area contributed by atoms with E-state index in [9.17, 15) is 9.90 Å². The zero-order valence-corrected chi connectivity index (χ0v) is 22.3. The number of benzene rings is 1. The van der Waals surface area contributed by atoms with Gasteiger partial charge in [-0.15, -0.1) is 0 Å². The van der Waals surface area contributed by atoms with Crippen LogP contribution < -0.4 is 10.1 Å². The topological polar surface area (TPSA) is 58.6 Å². The summed E-state index contributed by atoms with van der Waals surface area (Å²) in [6.07, 6.45) is 20.3. The molecular formula is C27H47NO3Se.